The SMILES string of the molecule is Cc1cc(F)c(CN(C)O)c(F)c1. The van der Waals surface area contributed by atoms with Crippen molar-refractivity contribution in [3.05, 3.63) is 34.9 Å². The standard InChI is InChI=1S/C9H11F2NO/c1-6-3-8(10)7(5-12(2)13)9(11)4-6/h3-4,13H,5H2,1-2H3. The first-order valence-corrected chi connectivity index (χ1v) is 3.85. The molecule has 13 heavy (non-hydrogen) atoms. The number of aryl methyl sites for hydroxylation is 1. The van der Waals surface area contributed by atoms with Gasteiger partial charge in [-0.15, -0.1) is 0 Å². The summed E-state index contributed by atoms with van der Waals surface area (Å²) in [6.07, 6.45) is 0. The van der Waals surface area contributed by atoms with Gasteiger partial charge in [-0.2, -0.15) is 5.06 Å². The molecule has 72 valence electrons. The van der Waals surface area contributed by atoms with Crippen LogP contribution in [0.5, 0.6) is 0 Å². The molecule has 2 nitrogen and oxygen atoms in total. The average molecular weight is 187 g/mol. The van der Waals surface area contributed by atoms with E-state index < -0.39 is 11.6 Å². The molecule has 4 heteroatoms. The lowest BCUT2D eigenvalue weighted by molar-refractivity contribution is -0.0745. The van der Waals surface area contributed by atoms with E-state index in [2.05, 4.69) is 0 Å². The van der Waals surface area contributed by atoms with Gasteiger partial charge in [-0.05, 0) is 24.6 Å². The van der Waals surface area contributed by atoms with Crippen molar-refractivity contribution in [3.8, 4) is 0 Å². The van der Waals surface area contributed by atoms with E-state index in [1.54, 1.807) is 6.92 Å². The van der Waals surface area contributed by atoms with Crippen molar-refractivity contribution in [3.63, 3.8) is 0 Å². The summed E-state index contributed by atoms with van der Waals surface area (Å²) in [5, 5.41) is 9.56. The van der Waals surface area contributed by atoms with Crippen molar-refractivity contribution in [2.45, 2.75) is 13.5 Å². The third-order valence-corrected chi connectivity index (χ3v) is 1.67. The molecule has 1 rings (SSSR count). The van der Waals surface area contributed by atoms with E-state index in [9.17, 15) is 8.78 Å². The van der Waals surface area contributed by atoms with Gasteiger partial charge in [-0.3, -0.25) is 0 Å². The molecule has 0 atom stereocenters. The normalized spacial score (nSPS) is 10.9. The molecular formula is C9H11F2NO. The lowest BCUT2D eigenvalue weighted by Crippen LogP contribution is -2.14. The van der Waals surface area contributed by atoms with Crippen LogP contribution in [0.2, 0.25) is 0 Å². The Kier molecular flexibility index (Phi) is 2.95. The summed E-state index contributed by atoms with van der Waals surface area (Å²) in [5.41, 5.74) is 0.412. The highest BCUT2D eigenvalue weighted by Crippen LogP contribution is 2.15. The maximum atomic E-state index is 13.1. The Morgan fingerprint density at radius 3 is 2.15 bits per heavy atom. The van der Waals surface area contributed by atoms with Crippen molar-refractivity contribution in [2.24, 2.45) is 0 Å². The Hall–Kier alpha value is -1.00. The molecular weight excluding hydrogens is 176 g/mol. The largest absolute Gasteiger partial charge is 0.314 e. The molecule has 0 fully saturated rings. The molecule has 1 N–H and O–H groups in total. The summed E-state index contributed by atoms with van der Waals surface area (Å²) < 4.78 is 26.2. The van der Waals surface area contributed by atoms with Gasteiger partial charge >= 0.3 is 0 Å². The first kappa shape index (κ1) is 10.1. The highest BCUT2D eigenvalue weighted by molar-refractivity contribution is 5.25. The van der Waals surface area contributed by atoms with Gasteiger partial charge in [0, 0.05) is 12.6 Å². The van der Waals surface area contributed by atoms with Crippen molar-refractivity contribution >= 4 is 0 Å². The molecule has 0 heterocycles. The minimum Gasteiger partial charge on any atom is -0.314 e. The van der Waals surface area contributed by atoms with Gasteiger partial charge < -0.3 is 5.21 Å². The van der Waals surface area contributed by atoms with E-state index in [0.29, 0.717) is 5.56 Å². The number of nitrogens with zero attached hydrogens (tertiary/aromatic N) is 1. The summed E-state index contributed by atoms with van der Waals surface area (Å²) in [7, 11) is 1.33. The average Bonchev–Trinajstić information content (AvgIpc) is 1.96. The molecule has 0 unspecified atom stereocenters. The minimum atomic E-state index is -0.626. The van der Waals surface area contributed by atoms with Crippen molar-refractivity contribution in [1.29, 1.82) is 0 Å². The van der Waals surface area contributed by atoms with Crippen molar-refractivity contribution in [1.82, 2.24) is 5.06 Å². The molecule has 0 saturated heterocycles. The summed E-state index contributed by atoms with van der Waals surface area (Å²) in [5.74, 6) is -1.25. The fourth-order valence-electron chi connectivity index (χ4n) is 1.11. The number of halogens is 2. The molecule has 0 radical (unpaired) electrons. The fourth-order valence-corrected chi connectivity index (χ4v) is 1.11. The highest BCUT2D eigenvalue weighted by Gasteiger charge is 2.10. The quantitative estimate of drug-likeness (QED) is 0.716. The van der Waals surface area contributed by atoms with E-state index in [1.807, 2.05) is 0 Å². The Morgan fingerprint density at radius 2 is 1.77 bits per heavy atom. The zero-order valence-corrected chi connectivity index (χ0v) is 7.51. The second kappa shape index (κ2) is 3.81. The minimum absolute atomic E-state index is 0.115. The molecule has 0 bridgehead atoms. The Bertz CT molecular complexity index is 289. The van der Waals surface area contributed by atoms with Crippen LogP contribution in [-0.2, 0) is 6.54 Å². The molecule has 0 saturated carbocycles. The molecule has 1 aromatic rings. The van der Waals surface area contributed by atoms with Crippen LogP contribution in [0, 0.1) is 18.6 Å². The van der Waals surface area contributed by atoms with Crippen LogP contribution >= 0.6 is 0 Å². The van der Waals surface area contributed by atoms with Gasteiger partial charge in [0.1, 0.15) is 11.6 Å². The predicted octanol–water partition coefficient (Wildman–Crippen LogP) is 2.09. The first-order chi connectivity index (χ1) is 6.00. The lowest BCUT2D eigenvalue weighted by Gasteiger charge is -2.10. The van der Waals surface area contributed by atoms with Gasteiger partial charge in [-0.25, -0.2) is 8.78 Å². The number of hydrogen-bond acceptors (Lipinski definition) is 2. The molecule has 0 aliphatic heterocycles. The van der Waals surface area contributed by atoms with Crippen molar-refractivity contribution < 1.29 is 14.0 Å². The van der Waals surface area contributed by atoms with E-state index in [0.717, 1.165) is 5.06 Å². The molecule has 0 aromatic heterocycles. The second-order valence-electron chi connectivity index (χ2n) is 3.02. The zero-order valence-electron chi connectivity index (χ0n) is 7.51. The van der Waals surface area contributed by atoms with Crippen LogP contribution in [-0.4, -0.2) is 17.3 Å². The lowest BCUT2D eigenvalue weighted by atomic mass is 10.1. The predicted molar refractivity (Wildman–Crippen MR) is 44.3 cm³/mol. The number of hydrogen-bond donors (Lipinski definition) is 1. The number of rotatable bonds is 2. The van der Waals surface area contributed by atoms with Gasteiger partial charge in [-0.1, -0.05) is 0 Å². The molecule has 0 aliphatic rings. The summed E-state index contributed by atoms with van der Waals surface area (Å²) >= 11 is 0. The fraction of sp³-hybridized carbons (Fsp3) is 0.333. The molecule has 0 spiro atoms. The van der Waals surface area contributed by atoms with Gasteiger partial charge in [0.05, 0.1) is 6.54 Å². The van der Waals surface area contributed by atoms with E-state index in [-0.39, 0.29) is 12.1 Å². The summed E-state index contributed by atoms with van der Waals surface area (Å²) in [6.45, 7) is 1.45. The van der Waals surface area contributed by atoms with Crippen LogP contribution < -0.4 is 0 Å². The van der Waals surface area contributed by atoms with Crippen LogP contribution in [0.3, 0.4) is 0 Å². The molecule has 0 amide bonds. The van der Waals surface area contributed by atoms with E-state index in [4.69, 9.17) is 5.21 Å². The summed E-state index contributed by atoms with van der Waals surface area (Å²) in [6, 6.07) is 2.48. The maximum absolute atomic E-state index is 13.1. The summed E-state index contributed by atoms with van der Waals surface area (Å²) in [4.78, 5) is 0. The molecule has 1 aromatic carbocycles. The van der Waals surface area contributed by atoms with E-state index in [1.165, 1.54) is 19.2 Å². The third-order valence-electron chi connectivity index (χ3n) is 1.67. The number of benzene rings is 1. The first-order valence-electron chi connectivity index (χ1n) is 3.85. The highest BCUT2D eigenvalue weighted by atomic mass is 19.1. The molecule has 0 aliphatic carbocycles. The topological polar surface area (TPSA) is 23.5 Å². The maximum Gasteiger partial charge on any atom is 0.130 e. The Labute approximate surface area is 75.4 Å². The Morgan fingerprint density at radius 1 is 1.31 bits per heavy atom. The third kappa shape index (κ3) is 2.47. The monoisotopic (exact) mass is 187 g/mol. The van der Waals surface area contributed by atoms with Crippen LogP contribution in [0.1, 0.15) is 11.1 Å². The second-order valence-corrected chi connectivity index (χ2v) is 3.02. The van der Waals surface area contributed by atoms with Gasteiger partial charge in [0.15, 0.2) is 0 Å². The van der Waals surface area contributed by atoms with Crippen LogP contribution in [0.15, 0.2) is 12.1 Å². The Balaban J connectivity index is 3.06. The van der Waals surface area contributed by atoms with Gasteiger partial charge in [0.25, 0.3) is 0 Å². The van der Waals surface area contributed by atoms with E-state index >= 15 is 0 Å². The van der Waals surface area contributed by atoms with Crippen molar-refractivity contribution in [2.75, 3.05) is 7.05 Å². The smallest absolute Gasteiger partial charge is 0.130 e. The van der Waals surface area contributed by atoms with Crippen LogP contribution in [0.25, 0.3) is 0 Å². The zero-order chi connectivity index (χ0) is 10.0. The van der Waals surface area contributed by atoms with Crippen LogP contribution in [0.4, 0.5) is 8.78 Å². The number of hydroxylamine groups is 2. The van der Waals surface area contributed by atoms with Gasteiger partial charge in [0.2, 0.25) is 0 Å².